The molecule has 0 unspecified atom stereocenters. The number of hydrogen-bond acceptors (Lipinski definition) is 2. The summed E-state index contributed by atoms with van der Waals surface area (Å²) in [5.74, 6) is 1.25. The van der Waals surface area contributed by atoms with E-state index in [0.717, 1.165) is 25.4 Å². The van der Waals surface area contributed by atoms with Crippen LogP contribution in [0.4, 0.5) is 0 Å². The van der Waals surface area contributed by atoms with E-state index in [1.165, 1.54) is 32.1 Å². The second-order valence-electron chi connectivity index (χ2n) is 6.02. The molecule has 2 rings (SSSR count). The Morgan fingerprint density at radius 3 is 2.47 bits per heavy atom. The van der Waals surface area contributed by atoms with E-state index in [9.17, 15) is 0 Å². The molecule has 1 heterocycles. The van der Waals surface area contributed by atoms with Crippen molar-refractivity contribution < 1.29 is 9.47 Å². The lowest BCUT2D eigenvalue weighted by molar-refractivity contribution is -0.325. The Labute approximate surface area is 106 Å². The summed E-state index contributed by atoms with van der Waals surface area (Å²) in [5, 5.41) is 0. The normalized spacial score (nSPS) is 42.9. The molecule has 2 nitrogen and oxygen atoms in total. The highest BCUT2D eigenvalue weighted by Gasteiger charge is 2.43. The van der Waals surface area contributed by atoms with E-state index < -0.39 is 0 Å². The lowest BCUT2D eigenvalue weighted by Crippen LogP contribution is -2.50. The third-order valence-electron chi connectivity index (χ3n) is 4.59. The summed E-state index contributed by atoms with van der Waals surface area (Å²) >= 11 is 0. The molecule has 0 aromatic rings. The van der Waals surface area contributed by atoms with Gasteiger partial charge < -0.3 is 9.47 Å². The van der Waals surface area contributed by atoms with Crippen LogP contribution in [0.2, 0.25) is 0 Å². The van der Waals surface area contributed by atoms with Gasteiger partial charge in [0, 0.05) is 18.8 Å². The van der Waals surface area contributed by atoms with Gasteiger partial charge in [0.05, 0.1) is 12.7 Å². The zero-order valence-corrected chi connectivity index (χ0v) is 11.7. The van der Waals surface area contributed by atoms with Crippen molar-refractivity contribution in [2.75, 3.05) is 6.61 Å². The zero-order valence-electron chi connectivity index (χ0n) is 11.7. The maximum absolute atomic E-state index is 6.38. The summed E-state index contributed by atoms with van der Waals surface area (Å²) in [6.07, 6.45) is 8.75. The molecule has 0 radical (unpaired) electrons. The molecule has 1 aliphatic carbocycles. The van der Waals surface area contributed by atoms with Gasteiger partial charge in [0.25, 0.3) is 0 Å². The Morgan fingerprint density at radius 2 is 1.88 bits per heavy atom. The molecular weight excluding hydrogens is 212 g/mol. The fraction of sp³-hybridized carbons (Fsp3) is 1.00. The third-order valence-corrected chi connectivity index (χ3v) is 4.59. The van der Waals surface area contributed by atoms with Gasteiger partial charge in [-0.25, -0.2) is 0 Å². The average Bonchev–Trinajstić information content (AvgIpc) is 2.34. The molecule has 0 amide bonds. The Hall–Kier alpha value is -0.0800. The quantitative estimate of drug-likeness (QED) is 0.738. The van der Waals surface area contributed by atoms with Crippen LogP contribution in [-0.4, -0.2) is 18.5 Å². The molecule has 1 spiro atoms. The highest BCUT2D eigenvalue weighted by Crippen LogP contribution is 2.41. The largest absolute Gasteiger partial charge is 0.350 e. The van der Waals surface area contributed by atoms with E-state index in [2.05, 4.69) is 20.8 Å². The fourth-order valence-corrected chi connectivity index (χ4v) is 3.20. The first-order valence-corrected chi connectivity index (χ1v) is 7.51. The molecule has 2 heteroatoms. The molecule has 0 N–H and O–H groups in total. The predicted octanol–water partition coefficient (Wildman–Crippen LogP) is 4.13. The predicted molar refractivity (Wildman–Crippen MR) is 69.9 cm³/mol. The fourth-order valence-electron chi connectivity index (χ4n) is 3.20. The van der Waals surface area contributed by atoms with Crippen molar-refractivity contribution in [3.63, 3.8) is 0 Å². The molecule has 17 heavy (non-hydrogen) atoms. The molecule has 1 saturated carbocycles. The minimum absolute atomic E-state index is 0.210. The molecular formula is C15H28O2. The van der Waals surface area contributed by atoms with Crippen LogP contribution in [0.15, 0.2) is 0 Å². The highest BCUT2D eigenvalue weighted by atomic mass is 16.7. The molecule has 1 saturated heterocycles. The van der Waals surface area contributed by atoms with E-state index in [-0.39, 0.29) is 5.79 Å². The van der Waals surface area contributed by atoms with E-state index >= 15 is 0 Å². The Bertz CT molecular complexity index is 231. The average molecular weight is 240 g/mol. The number of hydrogen-bond donors (Lipinski definition) is 0. The van der Waals surface area contributed by atoms with Crippen molar-refractivity contribution in [1.29, 1.82) is 0 Å². The standard InChI is InChI=1S/C15H28O2/c1-4-6-14-13(5-2)11-16-15(17-14)9-7-12(3)8-10-15/h12-14H,4-11H2,1-3H3/t12?,13-,14+,15?/m1/s1. The summed E-state index contributed by atoms with van der Waals surface area (Å²) in [6.45, 7) is 7.76. The van der Waals surface area contributed by atoms with Crippen LogP contribution in [0.25, 0.3) is 0 Å². The van der Waals surface area contributed by atoms with Crippen LogP contribution in [-0.2, 0) is 9.47 Å². The molecule has 0 aromatic heterocycles. The van der Waals surface area contributed by atoms with Crippen LogP contribution in [0, 0.1) is 11.8 Å². The van der Waals surface area contributed by atoms with Crippen molar-refractivity contribution in [1.82, 2.24) is 0 Å². The summed E-state index contributed by atoms with van der Waals surface area (Å²) in [5.41, 5.74) is 0. The number of rotatable bonds is 3. The third kappa shape index (κ3) is 3.03. The van der Waals surface area contributed by atoms with Crippen molar-refractivity contribution >= 4 is 0 Å². The van der Waals surface area contributed by atoms with Gasteiger partial charge in [-0.1, -0.05) is 27.2 Å². The maximum Gasteiger partial charge on any atom is 0.168 e. The van der Waals surface area contributed by atoms with Crippen molar-refractivity contribution in [3.8, 4) is 0 Å². The molecule has 1 aliphatic heterocycles. The van der Waals surface area contributed by atoms with Gasteiger partial charge in [0.1, 0.15) is 0 Å². The van der Waals surface area contributed by atoms with E-state index in [0.29, 0.717) is 12.0 Å². The smallest absolute Gasteiger partial charge is 0.168 e. The van der Waals surface area contributed by atoms with Gasteiger partial charge in [0.2, 0.25) is 0 Å². The van der Waals surface area contributed by atoms with Gasteiger partial charge >= 0.3 is 0 Å². The van der Waals surface area contributed by atoms with Gasteiger partial charge in [-0.3, -0.25) is 0 Å². The highest BCUT2D eigenvalue weighted by molar-refractivity contribution is 4.85. The van der Waals surface area contributed by atoms with Crippen LogP contribution in [0.1, 0.15) is 65.7 Å². The van der Waals surface area contributed by atoms with E-state index in [4.69, 9.17) is 9.47 Å². The Kier molecular flexibility index (Phi) is 4.48. The molecule has 2 fully saturated rings. The first-order valence-electron chi connectivity index (χ1n) is 7.51. The molecule has 2 aliphatic rings. The van der Waals surface area contributed by atoms with E-state index in [1.807, 2.05) is 0 Å². The number of ether oxygens (including phenoxy) is 2. The lowest BCUT2D eigenvalue weighted by Gasteiger charge is -2.47. The maximum atomic E-state index is 6.38. The van der Waals surface area contributed by atoms with Crippen LogP contribution >= 0.6 is 0 Å². The van der Waals surface area contributed by atoms with Gasteiger partial charge in [-0.15, -0.1) is 0 Å². The molecule has 0 bridgehead atoms. The first kappa shape index (κ1) is 13.4. The van der Waals surface area contributed by atoms with Crippen LogP contribution < -0.4 is 0 Å². The van der Waals surface area contributed by atoms with Crippen LogP contribution in [0.5, 0.6) is 0 Å². The second-order valence-corrected chi connectivity index (χ2v) is 6.02. The minimum atomic E-state index is -0.210. The molecule has 0 aromatic carbocycles. The van der Waals surface area contributed by atoms with Gasteiger partial charge in [-0.2, -0.15) is 0 Å². The first-order chi connectivity index (χ1) is 8.19. The van der Waals surface area contributed by atoms with Gasteiger partial charge in [0.15, 0.2) is 5.79 Å². The Morgan fingerprint density at radius 1 is 1.18 bits per heavy atom. The minimum Gasteiger partial charge on any atom is -0.350 e. The van der Waals surface area contributed by atoms with Crippen molar-refractivity contribution in [2.45, 2.75) is 77.6 Å². The zero-order chi connectivity index (χ0) is 12.3. The Balaban J connectivity index is 1.97. The SMILES string of the molecule is CCC[C@@H]1OC2(CCC(C)CC2)OC[C@H]1CC. The topological polar surface area (TPSA) is 18.5 Å². The summed E-state index contributed by atoms with van der Waals surface area (Å²) < 4.78 is 12.5. The second kappa shape index (κ2) is 5.71. The molecule has 2 atom stereocenters. The van der Waals surface area contributed by atoms with Crippen molar-refractivity contribution in [2.24, 2.45) is 11.8 Å². The summed E-state index contributed by atoms with van der Waals surface area (Å²) in [7, 11) is 0. The summed E-state index contributed by atoms with van der Waals surface area (Å²) in [4.78, 5) is 0. The van der Waals surface area contributed by atoms with E-state index in [1.54, 1.807) is 0 Å². The van der Waals surface area contributed by atoms with Gasteiger partial charge in [-0.05, 0) is 31.6 Å². The van der Waals surface area contributed by atoms with Crippen LogP contribution in [0.3, 0.4) is 0 Å². The van der Waals surface area contributed by atoms with Crippen molar-refractivity contribution in [3.05, 3.63) is 0 Å². The summed E-state index contributed by atoms with van der Waals surface area (Å²) in [6, 6.07) is 0. The monoisotopic (exact) mass is 240 g/mol. The molecule has 100 valence electrons. The lowest BCUT2D eigenvalue weighted by atomic mass is 9.84.